The van der Waals surface area contributed by atoms with Gasteiger partial charge in [-0.1, -0.05) is 6.07 Å². The van der Waals surface area contributed by atoms with E-state index in [0.29, 0.717) is 19.6 Å². The van der Waals surface area contributed by atoms with E-state index >= 15 is 0 Å². The number of hydrogen-bond acceptors (Lipinski definition) is 5. The third-order valence-electron chi connectivity index (χ3n) is 3.74. The van der Waals surface area contributed by atoms with Crippen LogP contribution in [0, 0.1) is 5.92 Å². The molecule has 0 atom stereocenters. The first-order valence-electron chi connectivity index (χ1n) is 8.06. The van der Waals surface area contributed by atoms with E-state index in [0.717, 1.165) is 12.8 Å². The summed E-state index contributed by atoms with van der Waals surface area (Å²) >= 11 is 0. The van der Waals surface area contributed by atoms with Crippen molar-refractivity contribution in [1.82, 2.24) is 14.6 Å². The predicted molar refractivity (Wildman–Crippen MR) is 90.0 cm³/mol. The molecule has 0 saturated carbocycles. The molecular weight excluding hydrogens is 330 g/mol. The fourth-order valence-corrected chi connectivity index (χ4v) is 3.51. The van der Waals surface area contributed by atoms with E-state index in [1.807, 2.05) is 20.8 Å². The quantitative estimate of drug-likeness (QED) is 0.892. The van der Waals surface area contributed by atoms with Crippen LogP contribution in [0.3, 0.4) is 0 Å². The molecule has 134 valence electrons. The molecule has 0 bridgehead atoms. The third kappa shape index (κ3) is 5.45. The number of nitrogens with one attached hydrogen (secondary N) is 1. The summed E-state index contributed by atoms with van der Waals surface area (Å²) in [6.45, 7) is 7.01. The molecule has 8 heteroatoms. The first kappa shape index (κ1) is 18.7. The lowest BCUT2D eigenvalue weighted by molar-refractivity contribution is 0.0185. The Labute approximate surface area is 143 Å². The number of carbonyl (C=O) groups excluding carboxylic acids is 1. The lowest BCUT2D eigenvalue weighted by Crippen LogP contribution is -2.43. The van der Waals surface area contributed by atoms with Gasteiger partial charge in [0.2, 0.25) is 0 Å². The van der Waals surface area contributed by atoms with E-state index in [2.05, 4.69) is 9.71 Å². The Bertz CT molecular complexity index is 648. The molecule has 0 aromatic carbocycles. The summed E-state index contributed by atoms with van der Waals surface area (Å²) in [5, 5.41) is 0.0243. The van der Waals surface area contributed by atoms with Gasteiger partial charge >= 0.3 is 6.09 Å². The summed E-state index contributed by atoms with van der Waals surface area (Å²) < 4.78 is 32.2. The Morgan fingerprint density at radius 3 is 2.54 bits per heavy atom. The van der Waals surface area contributed by atoms with Gasteiger partial charge in [0.1, 0.15) is 5.60 Å². The summed E-state index contributed by atoms with van der Waals surface area (Å²) in [5.41, 5.74) is -0.508. The first-order valence-corrected chi connectivity index (χ1v) is 9.54. The minimum absolute atomic E-state index is 0.0243. The Morgan fingerprint density at radius 1 is 1.33 bits per heavy atom. The molecule has 2 heterocycles. The minimum Gasteiger partial charge on any atom is -0.444 e. The van der Waals surface area contributed by atoms with E-state index in [1.165, 1.54) is 12.3 Å². The molecule has 7 nitrogen and oxygen atoms in total. The van der Waals surface area contributed by atoms with Crippen LogP contribution in [0.1, 0.15) is 33.6 Å². The van der Waals surface area contributed by atoms with E-state index in [-0.39, 0.29) is 17.0 Å². The van der Waals surface area contributed by atoms with Crippen molar-refractivity contribution < 1.29 is 17.9 Å². The lowest BCUT2D eigenvalue weighted by Gasteiger charge is -2.33. The van der Waals surface area contributed by atoms with Gasteiger partial charge < -0.3 is 9.64 Å². The number of likely N-dealkylation sites (tertiary alicyclic amines) is 1. The summed E-state index contributed by atoms with van der Waals surface area (Å²) in [7, 11) is -3.58. The molecule has 1 aliphatic heterocycles. The van der Waals surface area contributed by atoms with Gasteiger partial charge in [-0.25, -0.2) is 22.9 Å². The SMILES string of the molecule is CC(C)(C)OC(=O)N1CCC(CNS(=O)(=O)c2ccccn2)CC1. The van der Waals surface area contributed by atoms with Crippen LogP contribution in [0.4, 0.5) is 4.79 Å². The van der Waals surface area contributed by atoms with E-state index in [1.54, 1.807) is 17.0 Å². The summed E-state index contributed by atoms with van der Waals surface area (Å²) in [6, 6.07) is 4.78. The molecule has 1 amide bonds. The average Bonchev–Trinajstić information content (AvgIpc) is 2.53. The maximum atomic E-state index is 12.1. The molecule has 1 fully saturated rings. The highest BCUT2D eigenvalue weighted by Gasteiger charge is 2.27. The van der Waals surface area contributed by atoms with E-state index in [4.69, 9.17) is 4.74 Å². The zero-order valence-electron chi connectivity index (χ0n) is 14.4. The van der Waals surface area contributed by atoms with Gasteiger partial charge in [-0.2, -0.15) is 0 Å². The monoisotopic (exact) mass is 355 g/mol. The average molecular weight is 355 g/mol. The normalized spacial score (nSPS) is 16.9. The highest BCUT2D eigenvalue weighted by molar-refractivity contribution is 7.89. The molecule has 1 aliphatic rings. The zero-order valence-corrected chi connectivity index (χ0v) is 15.2. The fourth-order valence-electron chi connectivity index (χ4n) is 2.45. The Morgan fingerprint density at radius 2 is 2.00 bits per heavy atom. The van der Waals surface area contributed by atoms with Crippen molar-refractivity contribution in [3.8, 4) is 0 Å². The number of ether oxygens (including phenoxy) is 1. The van der Waals surface area contributed by atoms with Gasteiger partial charge in [-0.05, 0) is 51.7 Å². The molecule has 2 rings (SSSR count). The highest BCUT2D eigenvalue weighted by atomic mass is 32.2. The van der Waals surface area contributed by atoms with Crippen LogP contribution < -0.4 is 4.72 Å². The summed E-state index contributed by atoms with van der Waals surface area (Å²) in [5.74, 6) is 0.196. The third-order valence-corrected chi connectivity index (χ3v) is 5.08. The summed E-state index contributed by atoms with van der Waals surface area (Å²) in [4.78, 5) is 17.5. The van der Waals surface area contributed by atoms with Crippen molar-refractivity contribution in [2.75, 3.05) is 19.6 Å². The number of rotatable bonds is 4. The second kappa shape index (κ2) is 7.48. The number of sulfonamides is 1. The second-order valence-electron chi connectivity index (χ2n) is 6.93. The van der Waals surface area contributed by atoms with Crippen molar-refractivity contribution in [1.29, 1.82) is 0 Å². The minimum atomic E-state index is -3.58. The van der Waals surface area contributed by atoms with Crippen LogP contribution in [-0.2, 0) is 14.8 Å². The van der Waals surface area contributed by atoms with Gasteiger partial charge in [0, 0.05) is 25.8 Å². The van der Waals surface area contributed by atoms with Gasteiger partial charge in [-0.15, -0.1) is 0 Å². The number of nitrogens with zero attached hydrogens (tertiary/aromatic N) is 2. The largest absolute Gasteiger partial charge is 0.444 e. The molecule has 1 aromatic rings. The number of pyridine rings is 1. The number of amides is 1. The molecular formula is C16H25N3O4S. The molecule has 1 saturated heterocycles. The number of hydrogen-bond donors (Lipinski definition) is 1. The fraction of sp³-hybridized carbons (Fsp3) is 0.625. The highest BCUT2D eigenvalue weighted by Crippen LogP contribution is 2.19. The Balaban J connectivity index is 1.80. The molecule has 1 aromatic heterocycles. The first-order chi connectivity index (χ1) is 11.2. The Kier molecular flexibility index (Phi) is 5.82. The maximum absolute atomic E-state index is 12.1. The van der Waals surface area contributed by atoms with Crippen LogP contribution in [0.15, 0.2) is 29.4 Å². The Hall–Kier alpha value is -1.67. The van der Waals surface area contributed by atoms with Crippen molar-refractivity contribution in [3.05, 3.63) is 24.4 Å². The van der Waals surface area contributed by atoms with Crippen molar-refractivity contribution >= 4 is 16.1 Å². The zero-order chi connectivity index (χ0) is 17.8. The molecule has 0 spiro atoms. The van der Waals surface area contributed by atoms with Crippen LogP contribution in [-0.4, -0.2) is 49.6 Å². The van der Waals surface area contributed by atoms with Crippen LogP contribution >= 0.6 is 0 Å². The number of piperidine rings is 1. The maximum Gasteiger partial charge on any atom is 0.410 e. The number of carbonyl (C=O) groups is 1. The molecule has 0 aliphatic carbocycles. The lowest BCUT2D eigenvalue weighted by atomic mass is 9.97. The van der Waals surface area contributed by atoms with Gasteiger partial charge in [-0.3, -0.25) is 0 Å². The standard InChI is InChI=1S/C16H25N3O4S/c1-16(2,3)23-15(20)19-10-7-13(8-11-19)12-18-24(21,22)14-6-4-5-9-17-14/h4-6,9,13,18H,7-8,10-12H2,1-3H3. The van der Waals surface area contributed by atoms with E-state index in [9.17, 15) is 13.2 Å². The van der Waals surface area contributed by atoms with Crippen LogP contribution in [0.5, 0.6) is 0 Å². The number of aromatic nitrogens is 1. The van der Waals surface area contributed by atoms with Crippen molar-refractivity contribution in [2.45, 2.75) is 44.2 Å². The molecule has 0 radical (unpaired) electrons. The van der Waals surface area contributed by atoms with Gasteiger partial charge in [0.15, 0.2) is 5.03 Å². The van der Waals surface area contributed by atoms with Crippen molar-refractivity contribution in [2.24, 2.45) is 5.92 Å². The summed E-state index contributed by atoms with van der Waals surface area (Å²) in [6.07, 6.45) is 2.62. The van der Waals surface area contributed by atoms with Gasteiger partial charge in [0.25, 0.3) is 10.0 Å². The van der Waals surface area contributed by atoms with Crippen molar-refractivity contribution in [3.63, 3.8) is 0 Å². The van der Waals surface area contributed by atoms with Crippen LogP contribution in [0.25, 0.3) is 0 Å². The predicted octanol–water partition coefficient (Wildman–Crippen LogP) is 2.01. The van der Waals surface area contributed by atoms with Crippen LogP contribution in [0.2, 0.25) is 0 Å². The second-order valence-corrected chi connectivity index (χ2v) is 8.64. The topological polar surface area (TPSA) is 88.6 Å². The molecule has 1 N–H and O–H groups in total. The van der Waals surface area contributed by atoms with E-state index < -0.39 is 15.6 Å². The molecule has 0 unspecified atom stereocenters. The smallest absolute Gasteiger partial charge is 0.410 e. The van der Waals surface area contributed by atoms with Gasteiger partial charge in [0.05, 0.1) is 0 Å². The molecule has 24 heavy (non-hydrogen) atoms.